The molecule has 0 unspecified atom stereocenters. The number of nitrogens with one attached hydrogen (secondary N) is 1. The zero-order valence-electron chi connectivity index (χ0n) is 9.48. The van der Waals surface area contributed by atoms with E-state index in [9.17, 15) is 13.2 Å². The minimum absolute atomic E-state index is 0.0554. The van der Waals surface area contributed by atoms with Gasteiger partial charge in [0.05, 0.1) is 9.50 Å². The van der Waals surface area contributed by atoms with Crippen molar-refractivity contribution in [2.45, 2.75) is 6.54 Å². The highest BCUT2D eigenvalue weighted by Crippen LogP contribution is 2.24. The van der Waals surface area contributed by atoms with Crippen LogP contribution in [0.1, 0.15) is 5.56 Å². The van der Waals surface area contributed by atoms with Gasteiger partial charge in [0, 0.05) is 17.8 Å². The summed E-state index contributed by atoms with van der Waals surface area (Å²) in [6, 6.07) is 6.43. The molecule has 0 fully saturated rings. The van der Waals surface area contributed by atoms with Gasteiger partial charge in [0.2, 0.25) is 0 Å². The van der Waals surface area contributed by atoms with Crippen LogP contribution in [-0.4, -0.2) is 0 Å². The first-order valence-corrected chi connectivity index (χ1v) is 6.47. The Bertz CT molecular complexity index is 619. The molecular weight excluding hydrogens is 343 g/mol. The second-order valence-electron chi connectivity index (χ2n) is 3.80. The lowest BCUT2D eigenvalue weighted by atomic mass is 10.2. The van der Waals surface area contributed by atoms with Gasteiger partial charge in [-0.05, 0) is 46.3 Å². The van der Waals surface area contributed by atoms with Crippen LogP contribution in [0.15, 0.2) is 34.8 Å². The molecule has 2 aromatic carbocycles. The van der Waals surface area contributed by atoms with Crippen LogP contribution in [0.2, 0.25) is 5.02 Å². The first-order valence-electron chi connectivity index (χ1n) is 5.30. The van der Waals surface area contributed by atoms with Crippen molar-refractivity contribution in [3.05, 3.63) is 62.8 Å². The molecule has 19 heavy (non-hydrogen) atoms. The highest BCUT2D eigenvalue weighted by atomic mass is 79.9. The maximum atomic E-state index is 13.7. The van der Waals surface area contributed by atoms with Crippen molar-refractivity contribution in [2.24, 2.45) is 0 Å². The third-order valence-electron chi connectivity index (χ3n) is 2.53. The number of anilines is 1. The Labute approximate surface area is 121 Å². The molecule has 100 valence electrons. The number of halogens is 5. The Balaban J connectivity index is 2.19. The van der Waals surface area contributed by atoms with E-state index >= 15 is 0 Å². The summed E-state index contributed by atoms with van der Waals surface area (Å²) in [6.07, 6.45) is 0. The summed E-state index contributed by atoms with van der Waals surface area (Å²) >= 11 is 8.60. The lowest BCUT2D eigenvalue weighted by Crippen LogP contribution is -2.05. The third kappa shape index (κ3) is 3.22. The van der Waals surface area contributed by atoms with E-state index in [0.29, 0.717) is 5.69 Å². The average molecular weight is 351 g/mol. The number of benzene rings is 2. The quantitative estimate of drug-likeness (QED) is 0.757. The van der Waals surface area contributed by atoms with Crippen LogP contribution in [0.3, 0.4) is 0 Å². The zero-order chi connectivity index (χ0) is 14.0. The number of hydrogen-bond acceptors (Lipinski definition) is 1. The number of hydrogen-bond donors (Lipinski definition) is 1. The fourth-order valence-electron chi connectivity index (χ4n) is 1.53. The van der Waals surface area contributed by atoms with Crippen molar-refractivity contribution in [1.29, 1.82) is 0 Å². The molecule has 2 rings (SSSR count). The van der Waals surface area contributed by atoms with E-state index in [0.717, 1.165) is 0 Å². The van der Waals surface area contributed by atoms with Gasteiger partial charge in [-0.1, -0.05) is 11.6 Å². The molecule has 1 N–H and O–H groups in total. The van der Waals surface area contributed by atoms with Gasteiger partial charge < -0.3 is 5.32 Å². The van der Waals surface area contributed by atoms with Gasteiger partial charge in [0.1, 0.15) is 17.5 Å². The van der Waals surface area contributed by atoms with Crippen molar-refractivity contribution in [1.82, 2.24) is 0 Å². The van der Waals surface area contributed by atoms with Gasteiger partial charge in [-0.3, -0.25) is 0 Å². The molecule has 0 bridgehead atoms. The predicted octanol–water partition coefficient (Wildman–Crippen LogP) is 5.13. The van der Waals surface area contributed by atoms with Crippen molar-refractivity contribution < 1.29 is 13.2 Å². The summed E-state index contributed by atoms with van der Waals surface area (Å²) in [5.74, 6) is -1.87. The van der Waals surface area contributed by atoms with E-state index in [-0.39, 0.29) is 21.6 Å². The van der Waals surface area contributed by atoms with Gasteiger partial charge in [0.15, 0.2) is 0 Å². The summed E-state index contributed by atoms with van der Waals surface area (Å²) in [7, 11) is 0. The Morgan fingerprint density at radius 1 is 1.05 bits per heavy atom. The zero-order valence-corrected chi connectivity index (χ0v) is 11.8. The molecule has 1 nitrogen and oxygen atoms in total. The molecule has 0 aliphatic heterocycles. The van der Waals surface area contributed by atoms with Crippen LogP contribution in [0.25, 0.3) is 0 Å². The molecule has 0 aromatic heterocycles. The van der Waals surface area contributed by atoms with Crippen LogP contribution < -0.4 is 5.32 Å². The van der Waals surface area contributed by atoms with Crippen LogP contribution >= 0.6 is 27.5 Å². The molecule has 0 saturated carbocycles. The Kier molecular flexibility index (Phi) is 4.37. The van der Waals surface area contributed by atoms with E-state index in [1.165, 1.54) is 30.3 Å². The smallest absolute Gasteiger partial charge is 0.145 e. The standard InChI is InChI=1S/C13H8BrClF3N/c14-9-2-4-11(16)8(13(9)18)6-19-7-1-3-12(17)10(15)5-7/h1-5,19H,6H2. The molecule has 0 amide bonds. The van der Waals surface area contributed by atoms with Gasteiger partial charge in [-0.25, -0.2) is 13.2 Å². The van der Waals surface area contributed by atoms with Crippen molar-refractivity contribution in [3.63, 3.8) is 0 Å². The first-order chi connectivity index (χ1) is 8.99. The molecule has 0 aliphatic carbocycles. The third-order valence-corrected chi connectivity index (χ3v) is 3.43. The van der Waals surface area contributed by atoms with E-state index < -0.39 is 17.5 Å². The van der Waals surface area contributed by atoms with Crippen LogP contribution in [-0.2, 0) is 6.54 Å². The maximum absolute atomic E-state index is 13.7. The lowest BCUT2D eigenvalue weighted by molar-refractivity contribution is 0.555. The summed E-state index contributed by atoms with van der Waals surface area (Å²) in [5, 5.41) is 2.73. The number of rotatable bonds is 3. The molecule has 0 spiro atoms. The van der Waals surface area contributed by atoms with Crippen LogP contribution in [0.4, 0.5) is 18.9 Å². The van der Waals surface area contributed by atoms with Crippen molar-refractivity contribution in [3.8, 4) is 0 Å². The SMILES string of the molecule is Fc1ccc(NCc2c(F)ccc(Br)c2F)cc1Cl. The van der Waals surface area contributed by atoms with Gasteiger partial charge in [-0.15, -0.1) is 0 Å². The molecule has 6 heteroatoms. The Morgan fingerprint density at radius 3 is 2.42 bits per heavy atom. The molecule has 0 radical (unpaired) electrons. The summed E-state index contributed by atoms with van der Waals surface area (Å²) < 4.78 is 40.3. The Hall–Kier alpha value is -1.20. The average Bonchev–Trinajstić information content (AvgIpc) is 2.38. The van der Waals surface area contributed by atoms with Gasteiger partial charge >= 0.3 is 0 Å². The van der Waals surface area contributed by atoms with Crippen LogP contribution in [0, 0.1) is 17.5 Å². The van der Waals surface area contributed by atoms with Gasteiger partial charge in [0.25, 0.3) is 0 Å². The highest BCUT2D eigenvalue weighted by Gasteiger charge is 2.12. The summed E-state index contributed by atoms with van der Waals surface area (Å²) in [5.41, 5.74) is 0.375. The largest absolute Gasteiger partial charge is 0.381 e. The molecule has 0 saturated heterocycles. The predicted molar refractivity (Wildman–Crippen MR) is 72.8 cm³/mol. The van der Waals surface area contributed by atoms with Crippen molar-refractivity contribution >= 4 is 33.2 Å². The molecule has 0 heterocycles. The second-order valence-corrected chi connectivity index (χ2v) is 5.07. The Morgan fingerprint density at radius 2 is 1.74 bits per heavy atom. The minimum atomic E-state index is -0.666. The van der Waals surface area contributed by atoms with Crippen LogP contribution in [0.5, 0.6) is 0 Å². The van der Waals surface area contributed by atoms with E-state index in [1.807, 2.05) is 0 Å². The fourth-order valence-corrected chi connectivity index (χ4v) is 2.08. The summed E-state index contributed by atoms with van der Waals surface area (Å²) in [4.78, 5) is 0. The van der Waals surface area contributed by atoms with Crippen molar-refractivity contribution in [2.75, 3.05) is 5.32 Å². The van der Waals surface area contributed by atoms with Gasteiger partial charge in [-0.2, -0.15) is 0 Å². The first kappa shape index (κ1) is 14.2. The lowest BCUT2D eigenvalue weighted by Gasteiger charge is -2.10. The molecular formula is C13H8BrClF3N. The fraction of sp³-hybridized carbons (Fsp3) is 0.0769. The van der Waals surface area contributed by atoms with E-state index in [4.69, 9.17) is 11.6 Å². The normalized spacial score (nSPS) is 10.6. The highest BCUT2D eigenvalue weighted by molar-refractivity contribution is 9.10. The van der Waals surface area contributed by atoms with E-state index in [2.05, 4.69) is 21.2 Å². The topological polar surface area (TPSA) is 12.0 Å². The molecule has 0 aliphatic rings. The monoisotopic (exact) mass is 349 g/mol. The maximum Gasteiger partial charge on any atom is 0.145 e. The second kappa shape index (κ2) is 5.84. The van der Waals surface area contributed by atoms with E-state index in [1.54, 1.807) is 0 Å². The molecule has 0 atom stereocenters. The minimum Gasteiger partial charge on any atom is -0.381 e. The summed E-state index contributed by atoms with van der Waals surface area (Å²) in [6.45, 7) is -0.0704. The molecule has 2 aromatic rings.